The van der Waals surface area contributed by atoms with Gasteiger partial charge < -0.3 is 11.1 Å². The van der Waals surface area contributed by atoms with Crippen LogP contribution in [0.3, 0.4) is 0 Å². The van der Waals surface area contributed by atoms with Gasteiger partial charge in [-0.05, 0) is 38.9 Å². The standard InChI is InChI=1S/C11H16F2N2/c1-11(2,5-6-14)15-8-3-4-9(12)10(13)7-8/h3-4,7,15H,5-6,14H2,1-2H3. The van der Waals surface area contributed by atoms with Gasteiger partial charge in [0.2, 0.25) is 0 Å². The Bertz CT molecular complexity index is 337. The average Bonchev–Trinajstić information content (AvgIpc) is 2.10. The topological polar surface area (TPSA) is 38.0 Å². The average molecular weight is 214 g/mol. The lowest BCUT2D eigenvalue weighted by molar-refractivity contribution is 0.504. The number of nitrogens with two attached hydrogens (primary N) is 1. The second kappa shape index (κ2) is 4.57. The molecule has 0 saturated carbocycles. The minimum atomic E-state index is -0.844. The van der Waals surface area contributed by atoms with E-state index in [1.807, 2.05) is 13.8 Å². The van der Waals surface area contributed by atoms with Crippen LogP contribution in [0.2, 0.25) is 0 Å². The molecule has 0 radical (unpaired) electrons. The van der Waals surface area contributed by atoms with Gasteiger partial charge in [0.1, 0.15) is 0 Å². The molecule has 1 aromatic rings. The smallest absolute Gasteiger partial charge is 0.160 e. The number of anilines is 1. The molecular formula is C11H16F2N2. The van der Waals surface area contributed by atoms with E-state index in [0.717, 1.165) is 18.6 Å². The number of benzene rings is 1. The summed E-state index contributed by atoms with van der Waals surface area (Å²) in [6.07, 6.45) is 0.756. The first-order valence-corrected chi connectivity index (χ1v) is 4.88. The van der Waals surface area contributed by atoms with E-state index in [0.29, 0.717) is 12.2 Å². The van der Waals surface area contributed by atoms with Gasteiger partial charge in [-0.15, -0.1) is 0 Å². The lowest BCUT2D eigenvalue weighted by Gasteiger charge is -2.27. The summed E-state index contributed by atoms with van der Waals surface area (Å²) in [5.74, 6) is -1.68. The fourth-order valence-electron chi connectivity index (χ4n) is 1.39. The van der Waals surface area contributed by atoms with Gasteiger partial charge in [-0.3, -0.25) is 0 Å². The molecule has 0 fully saturated rings. The van der Waals surface area contributed by atoms with Gasteiger partial charge in [0.25, 0.3) is 0 Å². The maximum atomic E-state index is 12.9. The van der Waals surface area contributed by atoms with Crippen LogP contribution in [0.25, 0.3) is 0 Å². The number of halogens is 2. The Kier molecular flexibility index (Phi) is 3.63. The summed E-state index contributed by atoms with van der Waals surface area (Å²) >= 11 is 0. The van der Waals surface area contributed by atoms with Crippen molar-refractivity contribution in [3.05, 3.63) is 29.8 Å². The summed E-state index contributed by atoms with van der Waals surface area (Å²) in [7, 11) is 0. The lowest BCUT2D eigenvalue weighted by atomic mass is 10.0. The van der Waals surface area contributed by atoms with Crippen LogP contribution in [-0.2, 0) is 0 Å². The summed E-state index contributed by atoms with van der Waals surface area (Å²) < 4.78 is 25.6. The highest BCUT2D eigenvalue weighted by atomic mass is 19.2. The van der Waals surface area contributed by atoms with Crippen molar-refractivity contribution in [3.63, 3.8) is 0 Å². The molecule has 15 heavy (non-hydrogen) atoms. The maximum absolute atomic E-state index is 12.9. The van der Waals surface area contributed by atoms with E-state index in [1.54, 1.807) is 0 Å². The van der Waals surface area contributed by atoms with E-state index in [1.165, 1.54) is 6.07 Å². The summed E-state index contributed by atoms with van der Waals surface area (Å²) in [4.78, 5) is 0. The molecular weight excluding hydrogens is 198 g/mol. The van der Waals surface area contributed by atoms with Gasteiger partial charge >= 0.3 is 0 Å². The molecule has 0 saturated heterocycles. The first kappa shape index (κ1) is 11.9. The fraction of sp³-hybridized carbons (Fsp3) is 0.455. The van der Waals surface area contributed by atoms with E-state index in [9.17, 15) is 8.78 Å². The van der Waals surface area contributed by atoms with Gasteiger partial charge in [-0.25, -0.2) is 8.78 Å². The van der Waals surface area contributed by atoms with Crippen molar-refractivity contribution < 1.29 is 8.78 Å². The monoisotopic (exact) mass is 214 g/mol. The molecule has 0 atom stereocenters. The fourth-order valence-corrected chi connectivity index (χ4v) is 1.39. The Morgan fingerprint density at radius 2 is 1.93 bits per heavy atom. The van der Waals surface area contributed by atoms with Crippen LogP contribution in [0.5, 0.6) is 0 Å². The normalized spacial score (nSPS) is 11.5. The van der Waals surface area contributed by atoms with Crippen LogP contribution < -0.4 is 11.1 Å². The molecule has 3 N–H and O–H groups in total. The third kappa shape index (κ3) is 3.47. The largest absolute Gasteiger partial charge is 0.380 e. The summed E-state index contributed by atoms with van der Waals surface area (Å²) in [5.41, 5.74) is 5.79. The van der Waals surface area contributed by atoms with Gasteiger partial charge in [0.15, 0.2) is 11.6 Å². The Labute approximate surface area is 88.5 Å². The van der Waals surface area contributed by atoms with E-state index in [-0.39, 0.29) is 5.54 Å². The van der Waals surface area contributed by atoms with Crippen molar-refractivity contribution in [2.75, 3.05) is 11.9 Å². The van der Waals surface area contributed by atoms with Gasteiger partial charge in [0.05, 0.1) is 0 Å². The molecule has 0 aliphatic carbocycles. The minimum absolute atomic E-state index is 0.223. The summed E-state index contributed by atoms with van der Waals surface area (Å²) in [6.45, 7) is 4.46. The zero-order valence-corrected chi connectivity index (χ0v) is 8.98. The van der Waals surface area contributed by atoms with Crippen LogP contribution >= 0.6 is 0 Å². The summed E-state index contributed by atoms with van der Waals surface area (Å²) in [5, 5.41) is 3.10. The second-order valence-electron chi connectivity index (χ2n) is 4.18. The molecule has 0 spiro atoms. The molecule has 1 rings (SSSR count). The molecule has 84 valence electrons. The number of nitrogens with one attached hydrogen (secondary N) is 1. The van der Waals surface area contributed by atoms with Crippen molar-refractivity contribution in [2.45, 2.75) is 25.8 Å². The highest BCUT2D eigenvalue weighted by Crippen LogP contribution is 2.19. The molecule has 1 aromatic carbocycles. The first-order chi connectivity index (χ1) is 6.94. The number of hydrogen-bond donors (Lipinski definition) is 2. The first-order valence-electron chi connectivity index (χ1n) is 4.88. The molecule has 2 nitrogen and oxygen atoms in total. The van der Waals surface area contributed by atoms with Gasteiger partial charge in [-0.2, -0.15) is 0 Å². The molecule has 0 unspecified atom stereocenters. The SMILES string of the molecule is CC(C)(CCN)Nc1ccc(F)c(F)c1. The Balaban J connectivity index is 2.76. The van der Waals surface area contributed by atoms with Crippen LogP contribution in [0, 0.1) is 11.6 Å². The molecule has 0 aromatic heterocycles. The van der Waals surface area contributed by atoms with E-state index in [4.69, 9.17) is 5.73 Å². The van der Waals surface area contributed by atoms with Crippen LogP contribution in [0.1, 0.15) is 20.3 Å². The van der Waals surface area contributed by atoms with Gasteiger partial charge in [0, 0.05) is 17.3 Å². The van der Waals surface area contributed by atoms with Crippen molar-refractivity contribution in [1.29, 1.82) is 0 Å². The Hall–Kier alpha value is -1.16. The Morgan fingerprint density at radius 3 is 2.47 bits per heavy atom. The predicted molar refractivity (Wildman–Crippen MR) is 57.7 cm³/mol. The highest BCUT2D eigenvalue weighted by Gasteiger charge is 2.16. The molecule has 0 aliphatic heterocycles. The molecule has 0 aliphatic rings. The minimum Gasteiger partial charge on any atom is -0.380 e. The number of hydrogen-bond acceptors (Lipinski definition) is 2. The molecule has 0 heterocycles. The lowest BCUT2D eigenvalue weighted by Crippen LogP contribution is -2.33. The molecule has 0 amide bonds. The van der Waals surface area contributed by atoms with Crippen LogP contribution in [-0.4, -0.2) is 12.1 Å². The van der Waals surface area contributed by atoms with E-state index in [2.05, 4.69) is 5.32 Å². The quantitative estimate of drug-likeness (QED) is 0.808. The van der Waals surface area contributed by atoms with Crippen molar-refractivity contribution >= 4 is 5.69 Å². The van der Waals surface area contributed by atoms with E-state index < -0.39 is 11.6 Å². The van der Waals surface area contributed by atoms with Crippen molar-refractivity contribution in [3.8, 4) is 0 Å². The Morgan fingerprint density at radius 1 is 1.27 bits per heavy atom. The maximum Gasteiger partial charge on any atom is 0.160 e. The molecule has 0 bridgehead atoms. The van der Waals surface area contributed by atoms with E-state index >= 15 is 0 Å². The van der Waals surface area contributed by atoms with Crippen LogP contribution in [0.4, 0.5) is 14.5 Å². The third-order valence-corrected chi connectivity index (χ3v) is 2.17. The van der Waals surface area contributed by atoms with Gasteiger partial charge in [-0.1, -0.05) is 0 Å². The number of rotatable bonds is 4. The molecule has 4 heteroatoms. The third-order valence-electron chi connectivity index (χ3n) is 2.17. The van der Waals surface area contributed by atoms with Crippen LogP contribution in [0.15, 0.2) is 18.2 Å². The van der Waals surface area contributed by atoms with Crippen molar-refractivity contribution in [1.82, 2.24) is 0 Å². The summed E-state index contributed by atoms with van der Waals surface area (Å²) in [6, 6.07) is 3.76. The zero-order chi connectivity index (χ0) is 11.5. The van der Waals surface area contributed by atoms with Crippen molar-refractivity contribution in [2.24, 2.45) is 5.73 Å². The second-order valence-corrected chi connectivity index (χ2v) is 4.18. The highest BCUT2D eigenvalue weighted by molar-refractivity contribution is 5.45. The predicted octanol–water partition coefficient (Wildman–Crippen LogP) is 2.50. The zero-order valence-electron chi connectivity index (χ0n) is 8.98.